The Balaban J connectivity index is 1.28. The summed E-state index contributed by atoms with van der Waals surface area (Å²) in [6.07, 6.45) is 0.591. The maximum Gasteiger partial charge on any atom is 0.228 e. The van der Waals surface area contributed by atoms with Crippen molar-refractivity contribution < 1.29 is 19.1 Å². The second-order valence-corrected chi connectivity index (χ2v) is 8.76. The minimum atomic E-state index is -0.315. The number of benzene rings is 2. The molecule has 2 aromatic carbocycles. The number of hydrogen-bond acceptors (Lipinski definition) is 4. The first kappa shape index (κ1) is 22.8. The van der Waals surface area contributed by atoms with Crippen LogP contribution in [0.15, 0.2) is 54.6 Å². The van der Waals surface area contributed by atoms with Crippen LogP contribution in [0.2, 0.25) is 0 Å². The number of piperazine rings is 1. The van der Waals surface area contributed by atoms with E-state index in [1.807, 2.05) is 76.2 Å². The first-order chi connectivity index (χ1) is 16.0. The van der Waals surface area contributed by atoms with Crippen molar-refractivity contribution in [1.29, 1.82) is 0 Å². The summed E-state index contributed by atoms with van der Waals surface area (Å²) < 4.78 is 5.16. The van der Waals surface area contributed by atoms with Crippen LogP contribution < -0.4 is 4.74 Å². The lowest BCUT2D eigenvalue weighted by Gasteiger charge is -2.36. The van der Waals surface area contributed by atoms with E-state index in [1.54, 1.807) is 7.11 Å². The van der Waals surface area contributed by atoms with Crippen LogP contribution >= 0.6 is 0 Å². The van der Waals surface area contributed by atoms with Crippen molar-refractivity contribution in [1.82, 2.24) is 14.7 Å². The highest BCUT2D eigenvalue weighted by Crippen LogP contribution is 2.29. The Morgan fingerprint density at radius 2 is 1.61 bits per heavy atom. The molecule has 0 radical (unpaired) electrons. The van der Waals surface area contributed by atoms with Crippen LogP contribution in [0.3, 0.4) is 0 Å². The van der Waals surface area contributed by atoms with Crippen LogP contribution in [0, 0.1) is 5.92 Å². The second kappa shape index (κ2) is 10.1. The molecule has 2 aromatic rings. The van der Waals surface area contributed by atoms with Gasteiger partial charge in [0.1, 0.15) is 5.75 Å². The summed E-state index contributed by atoms with van der Waals surface area (Å²) >= 11 is 0. The van der Waals surface area contributed by atoms with Gasteiger partial charge in [0, 0.05) is 39.1 Å². The second-order valence-electron chi connectivity index (χ2n) is 8.76. The van der Waals surface area contributed by atoms with Gasteiger partial charge in [-0.1, -0.05) is 42.5 Å². The molecule has 3 amide bonds. The molecule has 2 saturated heterocycles. The summed E-state index contributed by atoms with van der Waals surface area (Å²) in [6, 6.07) is 17.3. The van der Waals surface area contributed by atoms with E-state index in [9.17, 15) is 14.4 Å². The molecule has 0 saturated carbocycles. The van der Waals surface area contributed by atoms with Gasteiger partial charge < -0.3 is 19.4 Å². The molecule has 0 spiro atoms. The first-order valence-electron chi connectivity index (χ1n) is 11.5. The zero-order chi connectivity index (χ0) is 23.4. The van der Waals surface area contributed by atoms with Gasteiger partial charge in [0.15, 0.2) is 0 Å². The molecule has 2 heterocycles. The smallest absolute Gasteiger partial charge is 0.228 e. The van der Waals surface area contributed by atoms with Gasteiger partial charge in [-0.25, -0.2) is 0 Å². The van der Waals surface area contributed by atoms with Crippen molar-refractivity contribution in [2.45, 2.75) is 25.8 Å². The molecule has 0 N–H and O–H groups in total. The number of carbonyl (C=O) groups excluding carboxylic acids is 3. The number of rotatable bonds is 6. The number of methoxy groups -OCH3 is 1. The molecular weight excluding hydrogens is 418 g/mol. The molecule has 7 nitrogen and oxygen atoms in total. The minimum absolute atomic E-state index is 0.0216. The van der Waals surface area contributed by atoms with Crippen molar-refractivity contribution in [2.24, 2.45) is 5.92 Å². The van der Waals surface area contributed by atoms with Gasteiger partial charge in [0.2, 0.25) is 17.7 Å². The average molecular weight is 450 g/mol. The number of carbonyl (C=O) groups is 3. The van der Waals surface area contributed by atoms with E-state index in [4.69, 9.17) is 4.74 Å². The van der Waals surface area contributed by atoms with Crippen molar-refractivity contribution in [3.8, 4) is 5.75 Å². The van der Waals surface area contributed by atoms with Crippen LogP contribution in [0.1, 0.15) is 30.5 Å². The van der Waals surface area contributed by atoms with Crippen molar-refractivity contribution in [2.75, 3.05) is 39.8 Å². The van der Waals surface area contributed by atoms with Gasteiger partial charge in [-0.05, 0) is 30.2 Å². The normalized spacial score (nSPS) is 19.5. The van der Waals surface area contributed by atoms with Crippen molar-refractivity contribution >= 4 is 17.7 Å². The topological polar surface area (TPSA) is 70.2 Å². The SMILES string of the molecule is COc1ccc(CC(=O)N2CCN(C(=O)C3CC(=O)N(C(C)c4ccccc4)C3)CC2)cc1. The molecule has 2 aliphatic heterocycles. The summed E-state index contributed by atoms with van der Waals surface area (Å²) in [5.41, 5.74) is 2.01. The fraction of sp³-hybridized carbons (Fsp3) is 0.423. The third kappa shape index (κ3) is 5.18. The van der Waals surface area contributed by atoms with E-state index in [-0.39, 0.29) is 36.1 Å². The van der Waals surface area contributed by atoms with E-state index in [0.29, 0.717) is 39.1 Å². The predicted molar refractivity (Wildman–Crippen MR) is 125 cm³/mol. The molecule has 2 fully saturated rings. The fourth-order valence-corrected chi connectivity index (χ4v) is 4.65. The van der Waals surface area contributed by atoms with E-state index < -0.39 is 0 Å². The van der Waals surface area contributed by atoms with Crippen molar-refractivity contribution in [3.05, 3.63) is 65.7 Å². The lowest BCUT2D eigenvalue weighted by atomic mass is 10.1. The minimum Gasteiger partial charge on any atom is -0.497 e. The van der Waals surface area contributed by atoms with Gasteiger partial charge >= 0.3 is 0 Å². The third-order valence-electron chi connectivity index (χ3n) is 6.72. The van der Waals surface area contributed by atoms with Crippen LogP contribution in [-0.2, 0) is 20.8 Å². The highest BCUT2D eigenvalue weighted by atomic mass is 16.5. The molecule has 0 aliphatic carbocycles. The van der Waals surface area contributed by atoms with E-state index in [0.717, 1.165) is 16.9 Å². The van der Waals surface area contributed by atoms with Crippen LogP contribution in [-0.4, -0.2) is 72.3 Å². The third-order valence-corrected chi connectivity index (χ3v) is 6.72. The zero-order valence-electron chi connectivity index (χ0n) is 19.3. The van der Waals surface area contributed by atoms with Crippen molar-refractivity contribution in [3.63, 3.8) is 0 Å². The summed E-state index contributed by atoms with van der Waals surface area (Å²) in [5.74, 6) is 0.559. The summed E-state index contributed by atoms with van der Waals surface area (Å²) in [6.45, 7) is 4.51. The summed E-state index contributed by atoms with van der Waals surface area (Å²) in [5, 5.41) is 0. The quantitative estimate of drug-likeness (QED) is 0.680. The maximum atomic E-state index is 13.1. The Morgan fingerprint density at radius 3 is 2.24 bits per heavy atom. The maximum absolute atomic E-state index is 13.1. The summed E-state index contributed by atoms with van der Waals surface area (Å²) in [4.78, 5) is 43.9. The van der Waals surface area contributed by atoms with E-state index in [2.05, 4.69) is 0 Å². The highest BCUT2D eigenvalue weighted by molar-refractivity contribution is 5.89. The largest absolute Gasteiger partial charge is 0.497 e. The number of hydrogen-bond donors (Lipinski definition) is 0. The number of likely N-dealkylation sites (tertiary alicyclic amines) is 1. The Morgan fingerprint density at radius 1 is 0.970 bits per heavy atom. The molecule has 4 rings (SSSR count). The standard InChI is InChI=1S/C26H31N3O4/c1-19(21-6-4-3-5-7-21)29-18-22(17-25(29)31)26(32)28-14-12-27(13-15-28)24(30)16-20-8-10-23(33-2)11-9-20/h3-11,19,22H,12-18H2,1-2H3. The van der Waals surface area contributed by atoms with Gasteiger partial charge in [-0.2, -0.15) is 0 Å². The molecule has 7 heteroatoms. The lowest BCUT2D eigenvalue weighted by Crippen LogP contribution is -2.52. The molecule has 0 bridgehead atoms. The van der Waals surface area contributed by atoms with Crippen LogP contribution in [0.5, 0.6) is 5.75 Å². The Hall–Kier alpha value is -3.35. The number of nitrogens with zero attached hydrogens (tertiary/aromatic N) is 3. The molecule has 2 atom stereocenters. The van der Waals surface area contributed by atoms with Gasteiger partial charge in [-0.15, -0.1) is 0 Å². The lowest BCUT2D eigenvalue weighted by molar-refractivity contribution is -0.141. The van der Waals surface area contributed by atoms with Crippen LogP contribution in [0.25, 0.3) is 0 Å². The Bertz CT molecular complexity index is 984. The molecule has 33 heavy (non-hydrogen) atoms. The summed E-state index contributed by atoms with van der Waals surface area (Å²) in [7, 11) is 1.61. The van der Waals surface area contributed by atoms with E-state index in [1.165, 1.54) is 0 Å². The number of ether oxygens (including phenoxy) is 1. The first-order valence-corrected chi connectivity index (χ1v) is 11.5. The fourth-order valence-electron chi connectivity index (χ4n) is 4.65. The Kier molecular flexibility index (Phi) is 6.96. The van der Waals surface area contributed by atoms with E-state index >= 15 is 0 Å². The molecule has 2 unspecified atom stereocenters. The van der Waals surface area contributed by atoms with Gasteiger partial charge in [-0.3, -0.25) is 14.4 Å². The Labute approximate surface area is 194 Å². The molecular formula is C26H31N3O4. The molecule has 0 aromatic heterocycles. The monoisotopic (exact) mass is 449 g/mol. The van der Waals surface area contributed by atoms with Gasteiger partial charge in [0.05, 0.1) is 25.5 Å². The molecule has 174 valence electrons. The molecule has 2 aliphatic rings. The van der Waals surface area contributed by atoms with Gasteiger partial charge in [0.25, 0.3) is 0 Å². The zero-order valence-corrected chi connectivity index (χ0v) is 19.3. The average Bonchev–Trinajstić information content (AvgIpc) is 3.25. The van der Waals surface area contributed by atoms with Crippen LogP contribution in [0.4, 0.5) is 0 Å². The number of amides is 3. The highest BCUT2D eigenvalue weighted by Gasteiger charge is 2.39. The predicted octanol–water partition coefficient (Wildman–Crippen LogP) is 2.52.